The van der Waals surface area contributed by atoms with Gasteiger partial charge in [0.25, 0.3) is 5.56 Å². The highest BCUT2D eigenvalue weighted by molar-refractivity contribution is 6.12. The largest absolute Gasteiger partial charge is 0.506 e. The predicted molar refractivity (Wildman–Crippen MR) is 136 cm³/mol. The number of piperidine rings is 1. The van der Waals surface area contributed by atoms with Crippen molar-refractivity contribution in [3.05, 3.63) is 70.2 Å². The number of fused-ring (bicyclic) bond motifs is 8. The van der Waals surface area contributed by atoms with Gasteiger partial charge in [-0.2, -0.15) is 0 Å². The van der Waals surface area contributed by atoms with Gasteiger partial charge in [0.15, 0.2) is 5.76 Å². The zero-order valence-corrected chi connectivity index (χ0v) is 19.9. The number of para-hydroxylation sites is 1. The molecule has 1 aromatic carbocycles. The molecule has 2 aliphatic rings. The Morgan fingerprint density at radius 2 is 1.89 bits per heavy atom. The average Bonchev–Trinajstić information content (AvgIpc) is 3.49. The van der Waals surface area contributed by atoms with Crippen LogP contribution in [0.15, 0.2) is 47.7 Å². The lowest BCUT2D eigenvalue weighted by molar-refractivity contribution is -0.920. The Morgan fingerprint density at radius 3 is 2.72 bits per heavy atom. The molecule has 7 rings (SSSR count). The quantitative estimate of drug-likeness (QED) is 0.269. The molecular weight excluding hydrogens is 458 g/mol. The van der Waals surface area contributed by atoms with Crippen molar-refractivity contribution in [2.45, 2.75) is 31.3 Å². The second kappa shape index (κ2) is 7.63. The molecule has 36 heavy (non-hydrogen) atoms. The Morgan fingerprint density at radius 1 is 1.03 bits per heavy atom. The molecule has 3 atom stereocenters. The van der Waals surface area contributed by atoms with Gasteiger partial charge in [0.05, 0.1) is 48.1 Å². The van der Waals surface area contributed by atoms with Crippen molar-refractivity contribution >= 4 is 38.5 Å². The fourth-order valence-corrected chi connectivity index (χ4v) is 6.30. The minimum absolute atomic E-state index is 0.0374. The first-order chi connectivity index (χ1) is 17.6. The van der Waals surface area contributed by atoms with E-state index in [0.29, 0.717) is 16.8 Å². The lowest BCUT2D eigenvalue weighted by Gasteiger charge is -2.39. The molecule has 0 radical (unpaired) electrons. The summed E-state index contributed by atoms with van der Waals surface area (Å²) >= 11 is 0. The maximum Gasteiger partial charge on any atom is 0.272 e. The second-order valence-electron chi connectivity index (χ2n) is 9.54. The number of aromatic nitrogens is 4. The number of phenolic OH excluding ortho intramolecular Hbond substituents is 1. The maximum absolute atomic E-state index is 12.6. The van der Waals surface area contributed by atoms with E-state index in [-0.39, 0.29) is 23.4 Å². The summed E-state index contributed by atoms with van der Waals surface area (Å²) in [7, 11) is 3.31. The normalized spacial score (nSPS) is 21.4. The van der Waals surface area contributed by atoms with Crippen LogP contribution in [-0.2, 0) is 4.74 Å². The Balaban J connectivity index is 1.45. The van der Waals surface area contributed by atoms with E-state index in [2.05, 4.69) is 21.2 Å². The minimum Gasteiger partial charge on any atom is -0.506 e. The van der Waals surface area contributed by atoms with Crippen molar-refractivity contribution < 1.29 is 19.5 Å². The molecule has 4 aromatic heterocycles. The fraction of sp³-hybridized carbons (Fsp3) is 0.259. The maximum atomic E-state index is 12.6. The van der Waals surface area contributed by atoms with Crippen molar-refractivity contribution in [2.24, 2.45) is 0 Å². The van der Waals surface area contributed by atoms with Gasteiger partial charge in [-0.05, 0) is 18.6 Å². The van der Waals surface area contributed by atoms with E-state index in [9.17, 15) is 9.90 Å². The molecule has 0 saturated carbocycles. The lowest BCUT2D eigenvalue weighted by atomic mass is 9.87. The van der Waals surface area contributed by atoms with Gasteiger partial charge in [0.2, 0.25) is 0 Å². The highest BCUT2D eigenvalue weighted by Gasteiger charge is 2.44. The zero-order valence-electron chi connectivity index (χ0n) is 19.9. The number of pyridine rings is 2. The summed E-state index contributed by atoms with van der Waals surface area (Å²) in [4.78, 5) is 28.3. The number of H-pyrrole nitrogens is 3. The van der Waals surface area contributed by atoms with Gasteiger partial charge in [0.1, 0.15) is 41.0 Å². The third-order valence-electron chi connectivity index (χ3n) is 7.85. The highest BCUT2D eigenvalue weighted by atomic mass is 16.5. The number of nitrogens with one attached hydrogen (secondary N) is 4. The van der Waals surface area contributed by atoms with Gasteiger partial charge in [-0.25, -0.2) is 4.98 Å². The van der Waals surface area contributed by atoms with Crippen LogP contribution < -0.4 is 15.2 Å². The lowest BCUT2D eigenvalue weighted by Crippen LogP contribution is -3.09. The third-order valence-corrected chi connectivity index (χ3v) is 7.85. The molecule has 0 spiro atoms. The molecule has 2 aliphatic heterocycles. The molecule has 1 saturated heterocycles. The molecule has 5 aromatic rings. The summed E-state index contributed by atoms with van der Waals surface area (Å²) in [6.07, 6.45) is 8.52. The summed E-state index contributed by atoms with van der Waals surface area (Å²) in [5.41, 5.74) is 4.90. The monoisotopic (exact) mass is 484 g/mol. The number of nitrogens with zero attached hydrogens (tertiary/aromatic N) is 1. The highest BCUT2D eigenvalue weighted by Crippen LogP contribution is 2.42. The van der Waals surface area contributed by atoms with E-state index in [0.717, 1.165) is 63.6 Å². The number of benzene rings is 1. The smallest absolute Gasteiger partial charge is 0.272 e. The minimum atomic E-state index is -0.136. The van der Waals surface area contributed by atoms with Gasteiger partial charge >= 0.3 is 0 Å². The Hall–Kier alpha value is -4.24. The summed E-state index contributed by atoms with van der Waals surface area (Å²) in [6.45, 7) is 0. The summed E-state index contributed by atoms with van der Waals surface area (Å²) in [6, 6.07) is 7.58. The molecule has 0 bridgehead atoms. The van der Waals surface area contributed by atoms with Crippen LogP contribution in [0.4, 0.5) is 0 Å². The van der Waals surface area contributed by atoms with Crippen molar-refractivity contribution in [1.82, 2.24) is 19.9 Å². The van der Waals surface area contributed by atoms with Crippen LogP contribution in [0.5, 0.6) is 11.5 Å². The van der Waals surface area contributed by atoms with Crippen molar-refractivity contribution in [3.8, 4) is 11.5 Å². The molecule has 0 amide bonds. The number of aromatic amines is 3. The second-order valence-corrected chi connectivity index (χ2v) is 9.54. The van der Waals surface area contributed by atoms with Crippen LogP contribution in [0, 0.1) is 0 Å². The number of aromatic hydroxyl groups is 1. The summed E-state index contributed by atoms with van der Waals surface area (Å²) in [5, 5.41) is 13.2. The molecule has 1 fully saturated rings. The summed E-state index contributed by atoms with van der Waals surface area (Å²) < 4.78 is 11.5. The zero-order chi connectivity index (χ0) is 24.6. The first-order valence-corrected chi connectivity index (χ1v) is 12.1. The molecule has 9 nitrogen and oxygen atoms in total. The standard InChI is InChI=1S/C27H25N5O4/c1-35-18-11-29-25(26-20(18)13-5-3-8-17(33)22(13)30-26)16-7-4-6-15-24-21(19(36-2)12-32(15)16)14-9-10-28-27(34)23(14)31-24/h3,5,8-12,15-16,30-31,33H,4,6-7H2,1-2H3,(H,28,34)/p+1/t15?,16-/m1/s1. The van der Waals surface area contributed by atoms with Gasteiger partial charge in [-0.15, -0.1) is 0 Å². The SMILES string of the molecule is COC1=C[NH+]2C(CCC[C@@H]2c2ncc(OC)c3c2[nH]c2c(O)cccc23)c2[nH]c3c(=O)[nH]ccc3c21. The number of ether oxygens (including phenoxy) is 2. The Labute approximate surface area is 205 Å². The molecule has 2 unspecified atom stereocenters. The molecule has 0 aliphatic carbocycles. The number of hydrogen-bond acceptors (Lipinski definition) is 5. The van der Waals surface area contributed by atoms with Crippen molar-refractivity contribution in [3.63, 3.8) is 0 Å². The van der Waals surface area contributed by atoms with Crippen LogP contribution in [-0.4, -0.2) is 39.3 Å². The Kier molecular flexibility index (Phi) is 4.47. The third kappa shape index (κ3) is 2.74. The average molecular weight is 485 g/mol. The molecule has 9 heteroatoms. The van der Waals surface area contributed by atoms with Crippen LogP contribution in [0.3, 0.4) is 0 Å². The number of hydrogen-bond donors (Lipinski definition) is 5. The number of methoxy groups -OCH3 is 2. The van der Waals surface area contributed by atoms with E-state index in [1.54, 1.807) is 32.7 Å². The van der Waals surface area contributed by atoms with E-state index >= 15 is 0 Å². The van der Waals surface area contributed by atoms with Crippen LogP contribution in [0.25, 0.3) is 38.5 Å². The van der Waals surface area contributed by atoms with E-state index in [1.165, 1.54) is 4.90 Å². The van der Waals surface area contributed by atoms with Gasteiger partial charge in [-0.3, -0.25) is 9.69 Å². The van der Waals surface area contributed by atoms with Crippen molar-refractivity contribution in [2.75, 3.05) is 14.2 Å². The van der Waals surface area contributed by atoms with Gasteiger partial charge in [-0.1, -0.05) is 12.1 Å². The molecule has 5 N–H and O–H groups in total. The first kappa shape index (κ1) is 21.1. The fourth-order valence-electron chi connectivity index (χ4n) is 6.30. The summed E-state index contributed by atoms with van der Waals surface area (Å²) in [5.74, 6) is 1.61. The van der Waals surface area contributed by atoms with E-state index < -0.39 is 0 Å². The van der Waals surface area contributed by atoms with Crippen molar-refractivity contribution in [1.29, 1.82) is 0 Å². The molecule has 6 heterocycles. The number of rotatable bonds is 3. The van der Waals surface area contributed by atoms with Crippen LogP contribution in [0.1, 0.15) is 48.3 Å². The van der Waals surface area contributed by atoms with Gasteiger partial charge in [0, 0.05) is 29.8 Å². The van der Waals surface area contributed by atoms with E-state index in [4.69, 9.17) is 14.5 Å². The van der Waals surface area contributed by atoms with Gasteiger partial charge < -0.3 is 29.5 Å². The predicted octanol–water partition coefficient (Wildman–Crippen LogP) is 3.41. The molecule has 182 valence electrons. The van der Waals surface area contributed by atoms with Crippen LogP contribution in [0.2, 0.25) is 0 Å². The molecular formula is C27H26N5O4+. The van der Waals surface area contributed by atoms with Crippen LogP contribution >= 0.6 is 0 Å². The first-order valence-electron chi connectivity index (χ1n) is 12.1. The topological polar surface area (TPSA) is 120 Å². The Bertz CT molecular complexity index is 1760. The number of phenols is 1. The number of quaternary nitrogens is 1. The van der Waals surface area contributed by atoms with E-state index in [1.807, 2.05) is 18.2 Å².